The Morgan fingerprint density at radius 2 is 1.81 bits per heavy atom. The quantitative estimate of drug-likeness (QED) is 0.861. The number of nitrogens with zero attached hydrogens (tertiary/aromatic N) is 1. The first-order valence-corrected chi connectivity index (χ1v) is 9.40. The van der Waals surface area contributed by atoms with Crippen LogP contribution in [0.25, 0.3) is 0 Å². The summed E-state index contributed by atoms with van der Waals surface area (Å²) < 4.78 is 14.0. The second kappa shape index (κ2) is 8.53. The van der Waals surface area contributed by atoms with Crippen molar-refractivity contribution in [3.63, 3.8) is 0 Å². The molecule has 4 nitrogen and oxygen atoms in total. The van der Waals surface area contributed by atoms with E-state index in [4.69, 9.17) is 11.6 Å². The van der Waals surface area contributed by atoms with E-state index in [1.54, 1.807) is 4.90 Å². The Hall–Kier alpha value is -2.40. The standard InChI is InChI=1S/C21H22ClFN2O2/c1-14-5-7-15(8-6-14)13-24-20(26)16-9-11-25(12-10-16)21(27)19-17(22)3-2-4-18(19)23/h2-8,16H,9-13H2,1H3,(H,24,26). The van der Waals surface area contributed by atoms with Crippen molar-refractivity contribution >= 4 is 23.4 Å². The molecular weight excluding hydrogens is 367 g/mol. The fraction of sp³-hybridized carbons (Fsp3) is 0.333. The monoisotopic (exact) mass is 388 g/mol. The van der Waals surface area contributed by atoms with Gasteiger partial charge < -0.3 is 10.2 Å². The molecule has 1 N–H and O–H groups in total. The van der Waals surface area contributed by atoms with Crippen LogP contribution < -0.4 is 5.32 Å². The summed E-state index contributed by atoms with van der Waals surface area (Å²) in [7, 11) is 0. The lowest BCUT2D eigenvalue weighted by Crippen LogP contribution is -2.43. The Labute approximate surface area is 163 Å². The van der Waals surface area contributed by atoms with Crippen LogP contribution in [0.1, 0.15) is 34.3 Å². The van der Waals surface area contributed by atoms with Crippen LogP contribution >= 0.6 is 11.6 Å². The van der Waals surface area contributed by atoms with E-state index in [-0.39, 0.29) is 22.4 Å². The number of rotatable bonds is 4. The molecule has 2 aromatic carbocycles. The highest BCUT2D eigenvalue weighted by molar-refractivity contribution is 6.33. The van der Waals surface area contributed by atoms with E-state index in [9.17, 15) is 14.0 Å². The summed E-state index contributed by atoms with van der Waals surface area (Å²) in [4.78, 5) is 26.5. The fourth-order valence-electron chi connectivity index (χ4n) is 3.24. The van der Waals surface area contributed by atoms with Crippen LogP contribution in [0.15, 0.2) is 42.5 Å². The molecule has 1 fully saturated rings. The molecule has 0 radical (unpaired) electrons. The average Bonchev–Trinajstić information content (AvgIpc) is 2.67. The van der Waals surface area contributed by atoms with Crippen LogP contribution in [0.4, 0.5) is 4.39 Å². The third-order valence-corrected chi connectivity index (χ3v) is 5.23. The Morgan fingerprint density at radius 3 is 2.44 bits per heavy atom. The molecule has 0 spiro atoms. The smallest absolute Gasteiger partial charge is 0.258 e. The minimum absolute atomic E-state index is 0.00778. The van der Waals surface area contributed by atoms with Gasteiger partial charge in [0.2, 0.25) is 5.91 Å². The molecule has 1 heterocycles. The summed E-state index contributed by atoms with van der Waals surface area (Å²) in [6.07, 6.45) is 1.11. The van der Waals surface area contributed by atoms with Crippen LogP contribution in [0, 0.1) is 18.7 Å². The normalized spacial score (nSPS) is 14.9. The highest BCUT2D eigenvalue weighted by Gasteiger charge is 2.29. The molecule has 2 amide bonds. The predicted molar refractivity (Wildman–Crippen MR) is 103 cm³/mol. The Kier molecular flexibility index (Phi) is 6.11. The van der Waals surface area contributed by atoms with Crippen molar-refractivity contribution in [1.82, 2.24) is 10.2 Å². The second-order valence-corrected chi connectivity index (χ2v) is 7.27. The lowest BCUT2D eigenvalue weighted by Gasteiger charge is -2.31. The molecule has 2 aromatic rings. The molecule has 1 aliphatic heterocycles. The number of hydrogen-bond acceptors (Lipinski definition) is 2. The summed E-state index contributed by atoms with van der Waals surface area (Å²) in [6, 6.07) is 12.2. The number of likely N-dealkylation sites (tertiary alicyclic amines) is 1. The van der Waals surface area contributed by atoms with Crippen molar-refractivity contribution in [3.05, 3.63) is 70.0 Å². The topological polar surface area (TPSA) is 49.4 Å². The van der Waals surface area contributed by atoms with Gasteiger partial charge in [0, 0.05) is 25.6 Å². The first-order chi connectivity index (χ1) is 13.0. The van der Waals surface area contributed by atoms with E-state index in [2.05, 4.69) is 5.32 Å². The van der Waals surface area contributed by atoms with Gasteiger partial charge in [-0.25, -0.2) is 4.39 Å². The van der Waals surface area contributed by atoms with Crippen molar-refractivity contribution in [2.24, 2.45) is 5.92 Å². The number of carbonyl (C=O) groups excluding carboxylic acids is 2. The highest BCUT2D eigenvalue weighted by Crippen LogP contribution is 2.24. The SMILES string of the molecule is Cc1ccc(CNC(=O)C2CCN(C(=O)c3c(F)cccc3Cl)CC2)cc1. The van der Waals surface area contributed by atoms with Crippen molar-refractivity contribution in [2.75, 3.05) is 13.1 Å². The maximum Gasteiger partial charge on any atom is 0.258 e. The predicted octanol–water partition coefficient (Wildman–Crippen LogP) is 3.96. The zero-order valence-electron chi connectivity index (χ0n) is 15.2. The molecule has 3 rings (SSSR count). The summed E-state index contributed by atoms with van der Waals surface area (Å²) >= 11 is 5.98. The van der Waals surface area contributed by atoms with E-state index >= 15 is 0 Å². The van der Waals surface area contributed by atoms with Crippen molar-refractivity contribution in [3.8, 4) is 0 Å². The molecule has 142 valence electrons. The molecule has 0 saturated carbocycles. The molecule has 1 saturated heterocycles. The summed E-state index contributed by atoms with van der Waals surface area (Å²) in [5.41, 5.74) is 2.13. The average molecular weight is 389 g/mol. The molecule has 27 heavy (non-hydrogen) atoms. The van der Waals surface area contributed by atoms with Gasteiger partial charge in [-0.05, 0) is 37.5 Å². The first kappa shape index (κ1) is 19.4. The minimum atomic E-state index is -0.620. The number of piperidine rings is 1. The first-order valence-electron chi connectivity index (χ1n) is 9.02. The molecule has 6 heteroatoms. The van der Waals surface area contributed by atoms with Crippen molar-refractivity contribution in [2.45, 2.75) is 26.3 Å². The van der Waals surface area contributed by atoms with E-state index < -0.39 is 11.7 Å². The number of aryl methyl sites for hydroxylation is 1. The van der Waals surface area contributed by atoms with Gasteiger partial charge in [-0.2, -0.15) is 0 Å². The Bertz CT molecular complexity index is 810. The fourth-order valence-corrected chi connectivity index (χ4v) is 3.49. The number of carbonyl (C=O) groups is 2. The molecular formula is C21H22ClFN2O2. The number of nitrogens with one attached hydrogen (secondary N) is 1. The highest BCUT2D eigenvalue weighted by atomic mass is 35.5. The Balaban J connectivity index is 1.53. The zero-order valence-corrected chi connectivity index (χ0v) is 15.9. The largest absolute Gasteiger partial charge is 0.352 e. The van der Waals surface area contributed by atoms with Crippen molar-refractivity contribution < 1.29 is 14.0 Å². The third kappa shape index (κ3) is 4.66. The van der Waals surface area contributed by atoms with Gasteiger partial charge in [-0.1, -0.05) is 47.5 Å². The summed E-state index contributed by atoms with van der Waals surface area (Å²) in [5.74, 6) is -1.19. The van der Waals surface area contributed by atoms with E-state index in [1.807, 2.05) is 31.2 Å². The molecule has 0 unspecified atom stereocenters. The minimum Gasteiger partial charge on any atom is -0.352 e. The lowest BCUT2D eigenvalue weighted by molar-refractivity contribution is -0.126. The van der Waals surface area contributed by atoms with Gasteiger partial charge in [0.1, 0.15) is 5.82 Å². The van der Waals surface area contributed by atoms with Gasteiger partial charge >= 0.3 is 0 Å². The maximum absolute atomic E-state index is 14.0. The van der Waals surface area contributed by atoms with Gasteiger partial charge in [0.15, 0.2) is 0 Å². The number of halogens is 2. The summed E-state index contributed by atoms with van der Waals surface area (Å²) in [6.45, 7) is 3.33. The van der Waals surface area contributed by atoms with Gasteiger partial charge in [-0.15, -0.1) is 0 Å². The Morgan fingerprint density at radius 1 is 1.15 bits per heavy atom. The van der Waals surface area contributed by atoms with E-state index in [1.165, 1.54) is 23.8 Å². The second-order valence-electron chi connectivity index (χ2n) is 6.87. The number of hydrogen-bond donors (Lipinski definition) is 1. The third-order valence-electron chi connectivity index (χ3n) is 4.92. The zero-order chi connectivity index (χ0) is 19.4. The van der Waals surface area contributed by atoms with Crippen molar-refractivity contribution in [1.29, 1.82) is 0 Å². The van der Waals surface area contributed by atoms with Crippen LogP contribution in [0.2, 0.25) is 5.02 Å². The summed E-state index contributed by atoms with van der Waals surface area (Å²) in [5, 5.41) is 3.07. The van der Waals surface area contributed by atoms with Crippen LogP contribution in [0.3, 0.4) is 0 Å². The van der Waals surface area contributed by atoms with E-state index in [0.29, 0.717) is 32.5 Å². The van der Waals surface area contributed by atoms with Crippen LogP contribution in [0.5, 0.6) is 0 Å². The maximum atomic E-state index is 14.0. The molecule has 0 aliphatic carbocycles. The van der Waals surface area contributed by atoms with E-state index in [0.717, 1.165) is 5.56 Å². The number of amides is 2. The van der Waals surface area contributed by atoms with Gasteiger partial charge in [0.05, 0.1) is 10.6 Å². The molecule has 0 bridgehead atoms. The number of benzene rings is 2. The van der Waals surface area contributed by atoms with Crippen LogP contribution in [-0.4, -0.2) is 29.8 Å². The molecule has 0 atom stereocenters. The molecule has 1 aliphatic rings. The lowest BCUT2D eigenvalue weighted by atomic mass is 9.95. The van der Waals surface area contributed by atoms with Gasteiger partial charge in [-0.3, -0.25) is 9.59 Å². The van der Waals surface area contributed by atoms with Gasteiger partial charge in [0.25, 0.3) is 5.91 Å². The molecule has 0 aromatic heterocycles. The van der Waals surface area contributed by atoms with Crippen LogP contribution in [-0.2, 0) is 11.3 Å².